The Morgan fingerprint density at radius 3 is 2.37 bits per heavy atom. The molecule has 19 heavy (non-hydrogen) atoms. The van der Waals surface area contributed by atoms with E-state index in [1.165, 1.54) is 19.6 Å². The lowest BCUT2D eigenvalue weighted by Gasteiger charge is -2.37. The normalized spacial score (nSPS) is 12.4. The molecule has 0 unspecified atom stereocenters. The summed E-state index contributed by atoms with van der Waals surface area (Å²) in [6, 6.07) is 3.93. The second-order valence-electron chi connectivity index (χ2n) is 5.24. The summed E-state index contributed by atoms with van der Waals surface area (Å²) in [6.45, 7) is 5.60. The average Bonchev–Trinajstić information content (AvgIpc) is 2.27. The van der Waals surface area contributed by atoms with E-state index in [0.717, 1.165) is 6.07 Å². The monoisotopic (exact) mass is 271 g/mol. The van der Waals surface area contributed by atoms with Crippen LogP contribution >= 0.6 is 0 Å². The first-order valence-electron chi connectivity index (χ1n) is 5.89. The Morgan fingerprint density at radius 2 is 1.89 bits per heavy atom. The highest BCUT2D eigenvalue weighted by Crippen LogP contribution is 2.24. The maximum atomic E-state index is 13.7. The third-order valence-electron chi connectivity index (χ3n) is 3.15. The summed E-state index contributed by atoms with van der Waals surface area (Å²) < 4.78 is 35.6. The minimum atomic E-state index is -1.09. The van der Waals surface area contributed by atoms with Crippen molar-refractivity contribution in [3.05, 3.63) is 24.0 Å². The summed E-state index contributed by atoms with van der Waals surface area (Å²) in [5.74, 6) is -0.476. The highest BCUT2D eigenvalue weighted by molar-refractivity contribution is 6.47. The van der Waals surface area contributed by atoms with Crippen molar-refractivity contribution in [2.75, 3.05) is 6.86 Å². The van der Waals surface area contributed by atoms with Crippen molar-refractivity contribution in [3.63, 3.8) is 0 Å². The number of halogens is 2. The molecule has 0 aromatic heterocycles. The molecular weight excluding hydrogens is 253 g/mol. The van der Waals surface area contributed by atoms with E-state index in [9.17, 15) is 13.9 Å². The van der Waals surface area contributed by atoms with Crippen LogP contribution in [0.25, 0.3) is 0 Å². The quantitative estimate of drug-likeness (QED) is 0.803. The highest BCUT2D eigenvalue weighted by atomic mass is 19.1. The standard InChI is InChI=1S/C13H18BF2O3/c1-12(2,17)13(3,4)19-14-10-6-5-9(18-8-15)7-11(10)16/h5-7,17H,8H2,1-4H3. The number of aliphatic hydroxyl groups is 1. The number of hydrogen-bond donors (Lipinski definition) is 1. The molecule has 0 saturated heterocycles. The van der Waals surface area contributed by atoms with Gasteiger partial charge in [-0.3, -0.25) is 0 Å². The molecule has 0 bridgehead atoms. The summed E-state index contributed by atoms with van der Waals surface area (Å²) in [5.41, 5.74) is -1.77. The van der Waals surface area contributed by atoms with Crippen molar-refractivity contribution in [1.82, 2.24) is 0 Å². The minimum Gasteiger partial charge on any atom is -0.463 e. The molecule has 1 rings (SSSR count). The van der Waals surface area contributed by atoms with Crippen LogP contribution < -0.4 is 10.2 Å². The van der Waals surface area contributed by atoms with Crippen LogP contribution in [0.15, 0.2) is 18.2 Å². The number of ether oxygens (including phenoxy) is 1. The van der Waals surface area contributed by atoms with E-state index in [2.05, 4.69) is 4.74 Å². The van der Waals surface area contributed by atoms with Gasteiger partial charge in [-0.2, -0.15) is 0 Å². The van der Waals surface area contributed by atoms with Crippen molar-refractivity contribution in [2.24, 2.45) is 0 Å². The fourth-order valence-electron chi connectivity index (χ4n) is 1.11. The molecule has 0 spiro atoms. The van der Waals surface area contributed by atoms with Gasteiger partial charge in [0.25, 0.3) is 0 Å². The van der Waals surface area contributed by atoms with Crippen molar-refractivity contribution < 1.29 is 23.3 Å². The third-order valence-corrected chi connectivity index (χ3v) is 3.15. The Balaban J connectivity index is 2.74. The first-order chi connectivity index (χ1) is 8.67. The first kappa shape index (κ1) is 15.9. The van der Waals surface area contributed by atoms with Gasteiger partial charge in [-0.05, 0) is 39.2 Å². The van der Waals surface area contributed by atoms with Crippen LogP contribution in [0.3, 0.4) is 0 Å². The molecule has 0 aliphatic heterocycles. The van der Waals surface area contributed by atoms with E-state index in [0.29, 0.717) is 0 Å². The van der Waals surface area contributed by atoms with Gasteiger partial charge in [0.2, 0.25) is 6.86 Å². The summed E-state index contributed by atoms with van der Waals surface area (Å²) in [6.07, 6.45) is 0. The molecular formula is C13H18BF2O3. The Kier molecular flexibility index (Phi) is 4.93. The van der Waals surface area contributed by atoms with Gasteiger partial charge < -0.3 is 14.5 Å². The van der Waals surface area contributed by atoms with Crippen LogP contribution in [-0.2, 0) is 4.65 Å². The van der Waals surface area contributed by atoms with Crippen LogP contribution in [0.4, 0.5) is 8.78 Å². The topological polar surface area (TPSA) is 38.7 Å². The number of rotatable bonds is 6. The van der Waals surface area contributed by atoms with Gasteiger partial charge in [-0.25, -0.2) is 8.78 Å². The molecule has 6 heteroatoms. The van der Waals surface area contributed by atoms with Crippen LogP contribution in [-0.4, -0.2) is 30.7 Å². The lowest BCUT2D eigenvalue weighted by Crippen LogP contribution is -2.49. The SMILES string of the molecule is CC(C)(O)C(C)(C)O[B]c1ccc(OCF)cc1F. The molecule has 1 aromatic rings. The molecule has 0 amide bonds. The summed E-state index contributed by atoms with van der Waals surface area (Å²) in [5, 5.41) is 9.91. The average molecular weight is 271 g/mol. The molecule has 105 valence electrons. The van der Waals surface area contributed by atoms with Gasteiger partial charge in [0, 0.05) is 6.07 Å². The van der Waals surface area contributed by atoms with Crippen LogP contribution in [0, 0.1) is 5.82 Å². The van der Waals surface area contributed by atoms with Crippen LogP contribution in [0.2, 0.25) is 0 Å². The summed E-state index contributed by atoms with van der Waals surface area (Å²) >= 11 is 0. The van der Waals surface area contributed by atoms with Gasteiger partial charge in [-0.15, -0.1) is 0 Å². The predicted octanol–water partition coefficient (Wildman–Crippen LogP) is 1.94. The van der Waals surface area contributed by atoms with E-state index >= 15 is 0 Å². The van der Waals surface area contributed by atoms with E-state index in [1.807, 2.05) is 0 Å². The van der Waals surface area contributed by atoms with Crippen molar-refractivity contribution in [2.45, 2.75) is 38.9 Å². The van der Waals surface area contributed by atoms with E-state index in [1.54, 1.807) is 27.7 Å². The van der Waals surface area contributed by atoms with Crippen molar-refractivity contribution >= 4 is 12.9 Å². The molecule has 1 aromatic carbocycles. The van der Waals surface area contributed by atoms with E-state index in [-0.39, 0.29) is 11.2 Å². The van der Waals surface area contributed by atoms with Gasteiger partial charge in [0.15, 0.2) is 0 Å². The lowest BCUT2D eigenvalue weighted by atomic mass is 9.82. The second-order valence-corrected chi connectivity index (χ2v) is 5.24. The molecule has 0 aliphatic rings. The zero-order valence-electron chi connectivity index (χ0n) is 11.5. The Bertz CT molecular complexity index is 430. The molecule has 1 N–H and O–H groups in total. The zero-order valence-corrected chi connectivity index (χ0v) is 11.5. The summed E-state index contributed by atoms with van der Waals surface area (Å²) in [7, 11) is 1.23. The maximum absolute atomic E-state index is 13.7. The molecule has 0 heterocycles. The molecule has 0 atom stereocenters. The summed E-state index contributed by atoms with van der Waals surface area (Å²) in [4.78, 5) is 0. The number of alkyl halides is 1. The molecule has 3 nitrogen and oxygen atoms in total. The van der Waals surface area contributed by atoms with E-state index < -0.39 is 23.9 Å². The number of benzene rings is 1. The largest absolute Gasteiger partial charge is 0.463 e. The molecule has 0 aliphatic carbocycles. The van der Waals surface area contributed by atoms with Gasteiger partial charge in [-0.1, -0.05) is 6.07 Å². The maximum Gasteiger partial charge on any atom is 0.333 e. The van der Waals surface area contributed by atoms with E-state index in [4.69, 9.17) is 4.65 Å². The Morgan fingerprint density at radius 1 is 1.26 bits per heavy atom. The molecule has 0 fully saturated rings. The Hall–Kier alpha value is -1.14. The molecule has 1 radical (unpaired) electrons. The fraction of sp³-hybridized carbons (Fsp3) is 0.538. The van der Waals surface area contributed by atoms with Gasteiger partial charge in [0.1, 0.15) is 11.6 Å². The Labute approximate surface area is 112 Å². The van der Waals surface area contributed by atoms with Gasteiger partial charge >= 0.3 is 7.48 Å². The van der Waals surface area contributed by atoms with Crippen LogP contribution in [0.5, 0.6) is 5.75 Å². The fourth-order valence-corrected chi connectivity index (χ4v) is 1.11. The predicted molar refractivity (Wildman–Crippen MR) is 69.9 cm³/mol. The minimum absolute atomic E-state index is 0.110. The lowest BCUT2D eigenvalue weighted by molar-refractivity contribution is -0.0893. The highest BCUT2D eigenvalue weighted by Gasteiger charge is 2.35. The second kappa shape index (κ2) is 5.88. The third kappa shape index (κ3) is 4.18. The smallest absolute Gasteiger partial charge is 0.333 e. The molecule has 0 saturated carbocycles. The van der Waals surface area contributed by atoms with Crippen LogP contribution in [0.1, 0.15) is 27.7 Å². The number of hydrogen-bond acceptors (Lipinski definition) is 3. The van der Waals surface area contributed by atoms with Gasteiger partial charge in [0.05, 0.1) is 11.2 Å². The zero-order chi connectivity index (χ0) is 14.7. The first-order valence-corrected chi connectivity index (χ1v) is 5.89. The van der Waals surface area contributed by atoms with Crippen molar-refractivity contribution in [3.8, 4) is 5.75 Å². The van der Waals surface area contributed by atoms with Crippen molar-refractivity contribution in [1.29, 1.82) is 0 Å².